The Hall–Kier alpha value is -0.560. The van der Waals surface area contributed by atoms with Crippen molar-refractivity contribution in [1.29, 1.82) is 0 Å². The van der Waals surface area contributed by atoms with Gasteiger partial charge in [-0.15, -0.1) is 0 Å². The van der Waals surface area contributed by atoms with Crippen LogP contribution in [0.2, 0.25) is 5.02 Å². The van der Waals surface area contributed by atoms with E-state index in [2.05, 4.69) is 0 Å². The first-order chi connectivity index (χ1) is 5.70. The summed E-state index contributed by atoms with van der Waals surface area (Å²) < 4.78 is 13.1. The average Bonchev–Trinajstić information content (AvgIpc) is 2.48. The highest BCUT2D eigenvalue weighted by molar-refractivity contribution is 6.31. The zero-order chi connectivity index (χ0) is 8.72. The Morgan fingerprint density at radius 2 is 2.17 bits per heavy atom. The van der Waals surface area contributed by atoms with Gasteiger partial charge >= 0.3 is 0 Å². The lowest BCUT2D eigenvalue weighted by atomic mass is 10.0. The SMILES string of the molecule is Cc1c(Cl)c(F)cc2c1CCC2. The summed E-state index contributed by atoms with van der Waals surface area (Å²) >= 11 is 5.79. The Morgan fingerprint density at radius 3 is 2.92 bits per heavy atom. The van der Waals surface area contributed by atoms with Gasteiger partial charge in [-0.3, -0.25) is 0 Å². The summed E-state index contributed by atoms with van der Waals surface area (Å²) in [6, 6.07) is 1.58. The molecule has 0 nitrogen and oxygen atoms in total. The first kappa shape index (κ1) is 8.06. The lowest BCUT2D eigenvalue weighted by molar-refractivity contribution is 0.625. The monoisotopic (exact) mass is 184 g/mol. The van der Waals surface area contributed by atoms with Gasteiger partial charge in [0, 0.05) is 0 Å². The fourth-order valence-electron chi connectivity index (χ4n) is 1.88. The molecule has 1 aliphatic rings. The van der Waals surface area contributed by atoms with Crippen LogP contribution in [0, 0.1) is 12.7 Å². The van der Waals surface area contributed by atoms with E-state index in [1.807, 2.05) is 6.92 Å². The standard InChI is InChI=1S/C10H10ClF/c1-6-8-4-2-3-7(8)5-9(12)10(6)11/h5H,2-4H2,1H3. The molecule has 1 aliphatic carbocycles. The van der Waals surface area contributed by atoms with Gasteiger partial charge < -0.3 is 0 Å². The second-order valence-corrected chi connectivity index (χ2v) is 3.67. The molecule has 1 aromatic carbocycles. The van der Waals surface area contributed by atoms with Crippen LogP contribution in [-0.4, -0.2) is 0 Å². The number of rotatable bonds is 0. The largest absolute Gasteiger partial charge is 0.205 e. The molecular weight excluding hydrogens is 175 g/mol. The maximum absolute atomic E-state index is 13.1. The van der Waals surface area contributed by atoms with Crippen LogP contribution in [0.15, 0.2) is 6.07 Å². The maximum Gasteiger partial charge on any atom is 0.142 e. The molecule has 0 heterocycles. The van der Waals surface area contributed by atoms with E-state index in [0.717, 1.165) is 30.4 Å². The van der Waals surface area contributed by atoms with E-state index in [1.165, 1.54) is 5.56 Å². The van der Waals surface area contributed by atoms with Crippen LogP contribution in [-0.2, 0) is 12.8 Å². The van der Waals surface area contributed by atoms with Gasteiger partial charge in [0.1, 0.15) is 5.82 Å². The van der Waals surface area contributed by atoms with Gasteiger partial charge in [0.2, 0.25) is 0 Å². The molecule has 0 saturated carbocycles. The summed E-state index contributed by atoms with van der Waals surface area (Å²) in [5.74, 6) is -0.269. The fraction of sp³-hybridized carbons (Fsp3) is 0.400. The Morgan fingerprint density at radius 1 is 1.42 bits per heavy atom. The van der Waals surface area contributed by atoms with E-state index in [9.17, 15) is 4.39 Å². The van der Waals surface area contributed by atoms with Crippen molar-refractivity contribution in [3.8, 4) is 0 Å². The van der Waals surface area contributed by atoms with Crippen molar-refractivity contribution < 1.29 is 4.39 Å². The first-order valence-corrected chi connectivity index (χ1v) is 4.54. The van der Waals surface area contributed by atoms with Crippen molar-refractivity contribution in [2.75, 3.05) is 0 Å². The number of benzene rings is 1. The average molecular weight is 185 g/mol. The zero-order valence-electron chi connectivity index (χ0n) is 6.95. The van der Waals surface area contributed by atoms with Gasteiger partial charge in [-0.05, 0) is 48.9 Å². The lowest BCUT2D eigenvalue weighted by Gasteiger charge is -2.06. The van der Waals surface area contributed by atoms with E-state index in [0.29, 0.717) is 5.02 Å². The Labute approximate surface area is 76.4 Å². The molecule has 1 aromatic rings. The topological polar surface area (TPSA) is 0 Å². The predicted octanol–water partition coefficient (Wildman–Crippen LogP) is 3.28. The van der Waals surface area contributed by atoms with E-state index in [4.69, 9.17) is 11.6 Å². The summed E-state index contributed by atoms with van der Waals surface area (Å²) in [6.07, 6.45) is 3.20. The van der Waals surface area contributed by atoms with Crippen molar-refractivity contribution >= 4 is 11.6 Å². The highest BCUT2D eigenvalue weighted by Gasteiger charge is 2.17. The van der Waals surface area contributed by atoms with Crippen LogP contribution in [0.1, 0.15) is 23.1 Å². The molecule has 0 fully saturated rings. The molecule has 12 heavy (non-hydrogen) atoms. The molecule has 0 amide bonds. The third kappa shape index (κ3) is 1.04. The van der Waals surface area contributed by atoms with Crippen molar-refractivity contribution in [1.82, 2.24) is 0 Å². The van der Waals surface area contributed by atoms with Crippen LogP contribution < -0.4 is 0 Å². The highest BCUT2D eigenvalue weighted by Crippen LogP contribution is 2.31. The number of halogens is 2. The van der Waals surface area contributed by atoms with Gasteiger partial charge in [0.25, 0.3) is 0 Å². The molecule has 2 rings (SSSR count). The molecule has 0 N–H and O–H groups in total. The molecule has 0 unspecified atom stereocenters. The number of hydrogen-bond donors (Lipinski definition) is 0. The molecular formula is C10H10ClF. The Bertz CT molecular complexity index is 331. The quantitative estimate of drug-likeness (QED) is 0.581. The minimum absolute atomic E-state index is 0.269. The van der Waals surface area contributed by atoms with E-state index in [-0.39, 0.29) is 5.82 Å². The number of fused-ring (bicyclic) bond motifs is 1. The van der Waals surface area contributed by atoms with E-state index in [1.54, 1.807) is 6.07 Å². The molecule has 0 radical (unpaired) electrons. The van der Waals surface area contributed by atoms with Crippen molar-refractivity contribution in [2.24, 2.45) is 0 Å². The van der Waals surface area contributed by atoms with Crippen molar-refractivity contribution in [3.05, 3.63) is 33.6 Å². The normalized spacial score (nSPS) is 14.9. The smallest absolute Gasteiger partial charge is 0.142 e. The summed E-state index contributed by atoms with van der Waals surface area (Å²) in [4.78, 5) is 0. The summed E-state index contributed by atoms with van der Waals surface area (Å²) in [5, 5.41) is 0.302. The minimum atomic E-state index is -0.269. The highest BCUT2D eigenvalue weighted by atomic mass is 35.5. The van der Waals surface area contributed by atoms with Crippen molar-refractivity contribution in [2.45, 2.75) is 26.2 Å². The van der Waals surface area contributed by atoms with Crippen LogP contribution in [0.3, 0.4) is 0 Å². The van der Waals surface area contributed by atoms with Gasteiger partial charge in [0.05, 0.1) is 5.02 Å². The molecule has 0 bridgehead atoms. The molecule has 0 spiro atoms. The van der Waals surface area contributed by atoms with Crippen LogP contribution in [0.4, 0.5) is 4.39 Å². The molecule has 2 heteroatoms. The summed E-state index contributed by atoms with van der Waals surface area (Å²) in [6.45, 7) is 1.90. The Balaban J connectivity index is 2.67. The van der Waals surface area contributed by atoms with Gasteiger partial charge in [0.15, 0.2) is 0 Å². The molecule has 0 saturated heterocycles. The fourth-order valence-corrected chi connectivity index (χ4v) is 2.05. The van der Waals surface area contributed by atoms with Gasteiger partial charge in [-0.2, -0.15) is 0 Å². The minimum Gasteiger partial charge on any atom is -0.205 e. The molecule has 0 aromatic heterocycles. The van der Waals surface area contributed by atoms with E-state index >= 15 is 0 Å². The number of aryl methyl sites for hydroxylation is 1. The Kier molecular flexibility index (Phi) is 1.84. The first-order valence-electron chi connectivity index (χ1n) is 4.16. The molecule has 0 atom stereocenters. The predicted molar refractivity (Wildman–Crippen MR) is 48.2 cm³/mol. The second-order valence-electron chi connectivity index (χ2n) is 3.29. The van der Waals surface area contributed by atoms with Crippen LogP contribution in [0.5, 0.6) is 0 Å². The van der Waals surface area contributed by atoms with Gasteiger partial charge in [-0.1, -0.05) is 11.6 Å². The lowest BCUT2D eigenvalue weighted by Crippen LogP contribution is -1.92. The second kappa shape index (κ2) is 2.74. The van der Waals surface area contributed by atoms with Crippen molar-refractivity contribution in [3.63, 3.8) is 0 Å². The molecule has 0 aliphatic heterocycles. The third-order valence-electron chi connectivity index (χ3n) is 2.55. The van der Waals surface area contributed by atoms with E-state index < -0.39 is 0 Å². The third-order valence-corrected chi connectivity index (χ3v) is 3.02. The zero-order valence-corrected chi connectivity index (χ0v) is 7.71. The number of hydrogen-bond acceptors (Lipinski definition) is 0. The van der Waals surface area contributed by atoms with Crippen LogP contribution >= 0.6 is 11.6 Å². The summed E-state index contributed by atoms with van der Waals surface area (Å²) in [5.41, 5.74) is 3.35. The van der Waals surface area contributed by atoms with Crippen LogP contribution in [0.25, 0.3) is 0 Å². The van der Waals surface area contributed by atoms with Gasteiger partial charge in [-0.25, -0.2) is 4.39 Å². The maximum atomic E-state index is 13.1. The summed E-state index contributed by atoms with van der Waals surface area (Å²) in [7, 11) is 0. The molecule has 64 valence electrons.